The Kier molecular flexibility index (Phi) is 6.91. The van der Waals surface area contributed by atoms with Crippen molar-refractivity contribution in [3.05, 3.63) is 24.3 Å². The number of hydrogen-bond donors (Lipinski definition) is 1. The summed E-state index contributed by atoms with van der Waals surface area (Å²) in [6, 6.07) is 7.56. The van der Waals surface area contributed by atoms with Crippen molar-refractivity contribution in [2.24, 2.45) is 5.92 Å². The Bertz CT molecular complexity index is 684. The molecule has 0 saturated heterocycles. The highest BCUT2D eigenvalue weighted by Crippen LogP contribution is 2.19. The number of carbonyl (C=O) groups excluding carboxylic acids is 1. The summed E-state index contributed by atoms with van der Waals surface area (Å²) in [6.45, 7) is 6.50. The summed E-state index contributed by atoms with van der Waals surface area (Å²) < 4.78 is 5.19. The first-order valence-corrected chi connectivity index (χ1v) is 8.69. The molecule has 1 atom stereocenters. The minimum Gasteiger partial charge on any atom is -0.497 e. The topological polar surface area (TPSA) is 81.9 Å². The monoisotopic (exact) mass is 345 g/mol. The minimum atomic E-state index is -0.105. The average molecular weight is 345 g/mol. The van der Waals surface area contributed by atoms with E-state index in [4.69, 9.17) is 4.74 Å². The average Bonchev–Trinajstić information content (AvgIpc) is 3.02. The molecule has 1 heterocycles. The number of carbonyl (C=O) groups is 1. The molecular weight excluding hydrogens is 318 g/mol. The first-order valence-electron chi connectivity index (χ1n) is 8.69. The van der Waals surface area contributed by atoms with Crippen LogP contribution in [-0.4, -0.2) is 39.3 Å². The van der Waals surface area contributed by atoms with Gasteiger partial charge in [-0.1, -0.05) is 38.8 Å². The first-order chi connectivity index (χ1) is 12.0. The van der Waals surface area contributed by atoms with Crippen LogP contribution < -0.4 is 10.1 Å². The van der Waals surface area contributed by atoms with Crippen LogP contribution in [0.2, 0.25) is 0 Å². The number of rotatable bonds is 9. The maximum atomic E-state index is 12.1. The number of nitrogens with one attached hydrogen (secondary N) is 1. The van der Waals surface area contributed by atoms with Crippen molar-refractivity contribution in [2.45, 2.75) is 52.6 Å². The number of benzene rings is 1. The Morgan fingerprint density at radius 1 is 1.28 bits per heavy atom. The number of hydrogen-bond acceptors (Lipinski definition) is 5. The number of ether oxygens (including phenoxy) is 1. The maximum Gasteiger partial charge on any atom is 0.243 e. The van der Waals surface area contributed by atoms with E-state index in [9.17, 15) is 4.79 Å². The van der Waals surface area contributed by atoms with Crippen LogP contribution in [0.4, 0.5) is 0 Å². The predicted octanol–water partition coefficient (Wildman–Crippen LogP) is 2.68. The van der Waals surface area contributed by atoms with E-state index in [0.717, 1.165) is 24.2 Å². The molecule has 0 aliphatic heterocycles. The second-order valence-electron chi connectivity index (χ2n) is 6.67. The number of methoxy groups -OCH3 is 1. The summed E-state index contributed by atoms with van der Waals surface area (Å²) in [5.74, 6) is 1.78. The molecule has 0 saturated carbocycles. The Hall–Kier alpha value is -2.44. The lowest BCUT2D eigenvalue weighted by Crippen LogP contribution is -2.35. The molecule has 0 fully saturated rings. The summed E-state index contributed by atoms with van der Waals surface area (Å²) in [7, 11) is 1.61. The van der Waals surface area contributed by atoms with Crippen molar-refractivity contribution in [1.82, 2.24) is 25.5 Å². The standard InChI is InChI=1S/C18H27N5O2/c1-13(2)7-5-8-14(3)19-17(24)12-23-21-18(20-22-23)15-9-6-10-16(11-15)25-4/h6,9-11,13-14H,5,7-8,12H2,1-4H3,(H,19,24)/t14-/m0/s1. The van der Waals surface area contributed by atoms with Crippen LogP contribution >= 0.6 is 0 Å². The van der Waals surface area contributed by atoms with Crippen LogP contribution in [0.3, 0.4) is 0 Å². The molecule has 1 aromatic heterocycles. The van der Waals surface area contributed by atoms with E-state index in [1.54, 1.807) is 7.11 Å². The molecule has 0 bridgehead atoms. The van der Waals surface area contributed by atoms with E-state index in [1.165, 1.54) is 11.2 Å². The number of aromatic nitrogens is 4. The quantitative estimate of drug-likeness (QED) is 0.755. The molecule has 2 rings (SSSR count). The molecule has 0 aliphatic carbocycles. The van der Waals surface area contributed by atoms with E-state index < -0.39 is 0 Å². The lowest BCUT2D eigenvalue weighted by Gasteiger charge is -2.14. The molecule has 25 heavy (non-hydrogen) atoms. The van der Waals surface area contributed by atoms with Crippen molar-refractivity contribution in [2.75, 3.05) is 7.11 Å². The van der Waals surface area contributed by atoms with Gasteiger partial charge in [0.25, 0.3) is 0 Å². The van der Waals surface area contributed by atoms with Gasteiger partial charge in [-0.2, -0.15) is 4.80 Å². The van der Waals surface area contributed by atoms with Gasteiger partial charge in [0.2, 0.25) is 11.7 Å². The van der Waals surface area contributed by atoms with Crippen LogP contribution in [0.5, 0.6) is 5.75 Å². The fourth-order valence-electron chi connectivity index (χ4n) is 2.54. The summed E-state index contributed by atoms with van der Waals surface area (Å²) in [6.07, 6.45) is 3.26. The van der Waals surface area contributed by atoms with Crippen molar-refractivity contribution in [3.8, 4) is 17.1 Å². The largest absolute Gasteiger partial charge is 0.497 e. The van der Waals surface area contributed by atoms with Gasteiger partial charge >= 0.3 is 0 Å². The van der Waals surface area contributed by atoms with Gasteiger partial charge in [-0.25, -0.2) is 0 Å². The van der Waals surface area contributed by atoms with E-state index >= 15 is 0 Å². The van der Waals surface area contributed by atoms with Crippen LogP contribution in [-0.2, 0) is 11.3 Å². The molecule has 7 heteroatoms. The fourth-order valence-corrected chi connectivity index (χ4v) is 2.54. The summed E-state index contributed by atoms with van der Waals surface area (Å²) in [5, 5.41) is 15.2. The SMILES string of the molecule is COc1cccc(-c2nnn(CC(=O)N[C@@H](C)CCCC(C)C)n2)c1. The van der Waals surface area contributed by atoms with Gasteiger partial charge in [-0.15, -0.1) is 10.2 Å². The highest BCUT2D eigenvalue weighted by molar-refractivity contribution is 5.75. The lowest BCUT2D eigenvalue weighted by atomic mass is 10.0. The third-order valence-corrected chi connectivity index (χ3v) is 3.89. The molecule has 0 radical (unpaired) electrons. The van der Waals surface area contributed by atoms with Crippen molar-refractivity contribution in [1.29, 1.82) is 0 Å². The van der Waals surface area contributed by atoms with Crippen LogP contribution in [0.1, 0.15) is 40.0 Å². The fraction of sp³-hybridized carbons (Fsp3) is 0.556. The van der Waals surface area contributed by atoms with Gasteiger partial charge in [0.1, 0.15) is 12.3 Å². The second-order valence-corrected chi connectivity index (χ2v) is 6.67. The Labute approximate surface area is 148 Å². The van der Waals surface area contributed by atoms with Gasteiger partial charge in [0.05, 0.1) is 7.11 Å². The Morgan fingerprint density at radius 2 is 2.08 bits per heavy atom. The van der Waals surface area contributed by atoms with Crippen molar-refractivity contribution >= 4 is 5.91 Å². The van der Waals surface area contributed by atoms with Gasteiger partial charge in [0.15, 0.2) is 0 Å². The van der Waals surface area contributed by atoms with Crippen LogP contribution in [0, 0.1) is 5.92 Å². The molecule has 0 aliphatic rings. The van der Waals surface area contributed by atoms with Crippen LogP contribution in [0.15, 0.2) is 24.3 Å². The molecule has 1 amide bonds. The molecule has 0 spiro atoms. The highest BCUT2D eigenvalue weighted by Gasteiger charge is 2.12. The van der Waals surface area contributed by atoms with Crippen molar-refractivity contribution in [3.63, 3.8) is 0 Å². The second kappa shape index (κ2) is 9.15. The van der Waals surface area contributed by atoms with Gasteiger partial charge in [-0.05, 0) is 36.6 Å². The lowest BCUT2D eigenvalue weighted by molar-refractivity contribution is -0.122. The summed E-state index contributed by atoms with van der Waals surface area (Å²) in [4.78, 5) is 13.4. The van der Waals surface area contributed by atoms with Gasteiger partial charge < -0.3 is 10.1 Å². The molecule has 2 aromatic rings. The normalized spacial score (nSPS) is 12.2. The summed E-state index contributed by atoms with van der Waals surface area (Å²) >= 11 is 0. The van der Waals surface area contributed by atoms with E-state index in [1.807, 2.05) is 31.2 Å². The van der Waals surface area contributed by atoms with E-state index in [2.05, 4.69) is 34.6 Å². The maximum absolute atomic E-state index is 12.1. The number of nitrogens with zero attached hydrogens (tertiary/aromatic N) is 4. The highest BCUT2D eigenvalue weighted by atomic mass is 16.5. The third-order valence-electron chi connectivity index (χ3n) is 3.89. The Morgan fingerprint density at radius 3 is 2.80 bits per heavy atom. The molecule has 136 valence electrons. The minimum absolute atomic E-state index is 0.0610. The molecular formula is C18H27N5O2. The molecule has 1 N–H and O–H groups in total. The van der Waals surface area contributed by atoms with Crippen LogP contribution in [0.25, 0.3) is 11.4 Å². The van der Waals surface area contributed by atoms with Gasteiger partial charge in [-0.3, -0.25) is 4.79 Å². The third kappa shape index (κ3) is 6.17. The molecule has 1 aromatic carbocycles. The van der Waals surface area contributed by atoms with E-state index in [-0.39, 0.29) is 18.5 Å². The smallest absolute Gasteiger partial charge is 0.243 e. The first kappa shape index (κ1) is 18.9. The number of tetrazole rings is 1. The van der Waals surface area contributed by atoms with Gasteiger partial charge in [0, 0.05) is 11.6 Å². The molecule has 7 nitrogen and oxygen atoms in total. The van der Waals surface area contributed by atoms with E-state index in [0.29, 0.717) is 11.7 Å². The molecule has 0 unspecified atom stereocenters. The number of amides is 1. The zero-order valence-electron chi connectivity index (χ0n) is 15.4. The Balaban J connectivity index is 1.86. The summed E-state index contributed by atoms with van der Waals surface area (Å²) in [5.41, 5.74) is 0.799. The predicted molar refractivity (Wildman–Crippen MR) is 96.1 cm³/mol. The zero-order valence-corrected chi connectivity index (χ0v) is 15.4. The zero-order chi connectivity index (χ0) is 18.2. The van der Waals surface area contributed by atoms with Crippen molar-refractivity contribution < 1.29 is 9.53 Å².